The van der Waals surface area contributed by atoms with Crippen LogP contribution >= 0.6 is 12.2 Å². The minimum absolute atomic E-state index is 0.135. The van der Waals surface area contributed by atoms with Crippen molar-refractivity contribution in [1.29, 1.82) is 0 Å². The molecule has 0 radical (unpaired) electrons. The van der Waals surface area contributed by atoms with E-state index in [0.717, 1.165) is 38.8 Å². The number of aromatic amines is 1. The minimum Gasteiger partial charge on any atom is -0.378 e. The average molecular weight is 341 g/mol. The predicted molar refractivity (Wildman–Crippen MR) is 98.4 cm³/mol. The Morgan fingerprint density at radius 1 is 1.17 bits per heavy atom. The number of hydrogen-bond donors (Lipinski definition) is 1. The first kappa shape index (κ1) is 20.1. The molecule has 0 aliphatic carbocycles. The minimum atomic E-state index is -0.135. The Bertz CT molecular complexity index is 548. The molecule has 1 aromatic heterocycles. The summed E-state index contributed by atoms with van der Waals surface area (Å²) in [5, 5.41) is 0. The third-order valence-corrected chi connectivity index (χ3v) is 4.31. The molecule has 1 heterocycles. The third kappa shape index (κ3) is 8.47. The number of rotatable bonds is 11. The fraction of sp³-hybridized carbons (Fsp3) is 0.778. The molecule has 0 aliphatic rings. The maximum atomic E-state index is 11.1. The van der Waals surface area contributed by atoms with Crippen LogP contribution < -0.4 is 5.56 Å². The Hall–Kier alpha value is -0.940. The number of aromatic nitrogens is 2. The lowest BCUT2D eigenvalue weighted by molar-refractivity contribution is 0.00710. The van der Waals surface area contributed by atoms with Gasteiger partial charge in [0.2, 0.25) is 0 Å². The van der Waals surface area contributed by atoms with E-state index in [4.69, 9.17) is 17.0 Å². The van der Waals surface area contributed by atoms with Gasteiger partial charge in [-0.05, 0) is 43.3 Å². The first-order valence-electron chi connectivity index (χ1n) is 8.81. The molecule has 1 N–H and O–H groups in total. The highest BCUT2D eigenvalue weighted by atomic mass is 32.1. The summed E-state index contributed by atoms with van der Waals surface area (Å²) in [4.78, 5) is 13.8. The summed E-state index contributed by atoms with van der Waals surface area (Å²) in [6.45, 7) is 10.7. The Balaban J connectivity index is 2.15. The molecule has 0 bridgehead atoms. The summed E-state index contributed by atoms with van der Waals surface area (Å²) >= 11 is 5.13. The number of hydrogen-bond acceptors (Lipinski definition) is 3. The van der Waals surface area contributed by atoms with Gasteiger partial charge in [-0.15, -0.1) is 0 Å². The van der Waals surface area contributed by atoms with Crippen molar-refractivity contribution >= 4 is 12.2 Å². The second-order valence-corrected chi connectivity index (χ2v) is 7.39. The molecule has 5 heteroatoms. The van der Waals surface area contributed by atoms with Gasteiger partial charge in [0.1, 0.15) is 0 Å². The number of aryl methyl sites for hydroxylation is 1. The zero-order valence-corrected chi connectivity index (χ0v) is 15.8. The summed E-state index contributed by atoms with van der Waals surface area (Å²) < 4.78 is 8.48. The molecule has 1 rings (SSSR count). The molecule has 0 aromatic carbocycles. The highest BCUT2D eigenvalue weighted by Crippen LogP contribution is 2.17. The fourth-order valence-corrected chi connectivity index (χ4v) is 2.84. The van der Waals surface area contributed by atoms with Crippen molar-refractivity contribution < 1.29 is 4.74 Å². The van der Waals surface area contributed by atoms with Crippen LogP contribution in [0.1, 0.15) is 59.8 Å². The van der Waals surface area contributed by atoms with E-state index in [1.54, 1.807) is 6.20 Å². The molecule has 0 fully saturated rings. The smallest absolute Gasteiger partial charge is 0.251 e. The van der Waals surface area contributed by atoms with E-state index in [1.807, 2.05) is 4.57 Å². The van der Waals surface area contributed by atoms with Gasteiger partial charge in [-0.25, -0.2) is 0 Å². The highest BCUT2D eigenvalue weighted by Gasteiger charge is 2.15. The number of ether oxygens (including phenoxy) is 1. The number of H-pyrrole nitrogens is 1. The van der Waals surface area contributed by atoms with Crippen LogP contribution in [0.25, 0.3) is 0 Å². The lowest BCUT2D eigenvalue weighted by Crippen LogP contribution is -2.22. The highest BCUT2D eigenvalue weighted by molar-refractivity contribution is 7.71. The monoisotopic (exact) mass is 340 g/mol. The van der Waals surface area contributed by atoms with Crippen LogP contribution in [0, 0.1) is 16.6 Å². The van der Waals surface area contributed by atoms with Crippen LogP contribution in [0.4, 0.5) is 0 Å². The molecule has 0 saturated carbocycles. The van der Waals surface area contributed by atoms with Gasteiger partial charge in [-0.3, -0.25) is 9.78 Å². The maximum Gasteiger partial charge on any atom is 0.251 e. The molecule has 1 unspecified atom stereocenters. The Labute approximate surface area is 145 Å². The standard InChI is InChI=1S/C18H32N2O2S/c1-14(2)13-16(15(3)4)22-12-8-6-5-7-10-20-11-9-17(21)19-18(20)23/h9,11,14-16H,5-8,10,12-13H2,1-4H3,(H,19,21,23). The fourth-order valence-electron chi connectivity index (χ4n) is 2.59. The lowest BCUT2D eigenvalue weighted by Gasteiger charge is -2.23. The van der Waals surface area contributed by atoms with E-state index < -0.39 is 0 Å². The van der Waals surface area contributed by atoms with Gasteiger partial charge in [0.05, 0.1) is 6.10 Å². The second kappa shape index (κ2) is 10.8. The zero-order chi connectivity index (χ0) is 17.2. The number of nitrogens with one attached hydrogen (secondary N) is 1. The van der Waals surface area contributed by atoms with Crippen LogP contribution in [-0.2, 0) is 11.3 Å². The van der Waals surface area contributed by atoms with Crippen LogP contribution in [0.2, 0.25) is 0 Å². The van der Waals surface area contributed by atoms with E-state index >= 15 is 0 Å². The third-order valence-electron chi connectivity index (χ3n) is 3.97. The van der Waals surface area contributed by atoms with Crippen molar-refractivity contribution in [3.8, 4) is 0 Å². The zero-order valence-electron chi connectivity index (χ0n) is 15.0. The molecule has 23 heavy (non-hydrogen) atoms. The van der Waals surface area contributed by atoms with Crippen molar-refractivity contribution in [1.82, 2.24) is 9.55 Å². The van der Waals surface area contributed by atoms with E-state index in [9.17, 15) is 4.79 Å². The molecule has 0 spiro atoms. The molecule has 1 aromatic rings. The SMILES string of the molecule is CC(C)CC(OCCCCCCn1ccc(=O)[nH]c1=S)C(C)C. The van der Waals surface area contributed by atoms with Gasteiger partial charge in [0.15, 0.2) is 4.77 Å². The molecular weight excluding hydrogens is 308 g/mol. The second-order valence-electron chi connectivity index (χ2n) is 7.00. The van der Waals surface area contributed by atoms with Gasteiger partial charge < -0.3 is 9.30 Å². The molecule has 0 aliphatic heterocycles. The number of unbranched alkanes of at least 4 members (excludes halogenated alkanes) is 3. The van der Waals surface area contributed by atoms with Gasteiger partial charge in [0.25, 0.3) is 5.56 Å². The lowest BCUT2D eigenvalue weighted by atomic mass is 9.97. The largest absolute Gasteiger partial charge is 0.378 e. The Kier molecular flexibility index (Phi) is 9.41. The normalized spacial score (nSPS) is 13.0. The van der Waals surface area contributed by atoms with E-state index in [1.165, 1.54) is 12.5 Å². The van der Waals surface area contributed by atoms with Crippen molar-refractivity contribution in [3.63, 3.8) is 0 Å². The van der Waals surface area contributed by atoms with Crippen molar-refractivity contribution in [2.75, 3.05) is 6.61 Å². The van der Waals surface area contributed by atoms with Crippen LogP contribution in [0.3, 0.4) is 0 Å². The Morgan fingerprint density at radius 2 is 1.87 bits per heavy atom. The van der Waals surface area contributed by atoms with E-state index in [-0.39, 0.29) is 5.56 Å². The van der Waals surface area contributed by atoms with Gasteiger partial charge >= 0.3 is 0 Å². The van der Waals surface area contributed by atoms with Crippen LogP contribution in [-0.4, -0.2) is 22.3 Å². The van der Waals surface area contributed by atoms with Gasteiger partial charge in [-0.1, -0.05) is 40.5 Å². The van der Waals surface area contributed by atoms with E-state index in [2.05, 4.69) is 32.7 Å². The first-order valence-corrected chi connectivity index (χ1v) is 9.22. The maximum absolute atomic E-state index is 11.1. The summed E-state index contributed by atoms with van der Waals surface area (Å²) in [5.41, 5.74) is -0.135. The first-order chi connectivity index (χ1) is 10.9. The van der Waals surface area contributed by atoms with Crippen molar-refractivity contribution in [3.05, 3.63) is 27.4 Å². The van der Waals surface area contributed by atoms with Crippen LogP contribution in [0.5, 0.6) is 0 Å². The number of nitrogens with zero attached hydrogens (tertiary/aromatic N) is 1. The summed E-state index contributed by atoms with van der Waals surface area (Å²) in [6.07, 6.45) is 7.79. The van der Waals surface area contributed by atoms with E-state index in [0.29, 0.717) is 22.7 Å². The predicted octanol–water partition coefficient (Wildman–Crippen LogP) is 4.55. The van der Waals surface area contributed by atoms with Gasteiger partial charge in [-0.2, -0.15) is 0 Å². The Morgan fingerprint density at radius 3 is 2.48 bits per heavy atom. The molecule has 132 valence electrons. The molecule has 1 atom stereocenters. The molecular formula is C18H32N2O2S. The molecule has 0 amide bonds. The quantitative estimate of drug-likeness (QED) is 0.475. The molecule has 4 nitrogen and oxygen atoms in total. The summed E-state index contributed by atoms with van der Waals surface area (Å²) in [5.74, 6) is 1.27. The topological polar surface area (TPSA) is 47.0 Å². The summed E-state index contributed by atoms with van der Waals surface area (Å²) in [6, 6.07) is 1.52. The molecule has 0 saturated heterocycles. The van der Waals surface area contributed by atoms with Crippen molar-refractivity contribution in [2.45, 2.75) is 72.4 Å². The van der Waals surface area contributed by atoms with Crippen molar-refractivity contribution in [2.24, 2.45) is 11.8 Å². The summed E-state index contributed by atoms with van der Waals surface area (Å²) in [7, 11) is 0. The average Bonchev–Trinajstić information content (AvgIpc) is 2.46. The van der Waals surface area contributed by atoms with Crippen LogP contribution in [0.15, 0.2) is 17.1 Å². The van der Waals surface area contributed by atoms with Gasteiger partial charge in [0, 0.05) is 25.4 Å².